The Morgan fingerprint density at radius 3 is 2.77 bits per heavy atom. The minimum atomic E-state index is 0.0932. The summed E-state index contributed by atoms with van der Waals surface area (Å²) in [5.74, 6) is 1.26. The molecule has 26 heavy (non-hydrogen) atoms. The van der Waals surface area contributed by atoms with Crippen molar-refractivity contribution in [2.75, 3.05) is 19.6 Å². The highest BCUT2D eigenvalue weighted by molar-refractivity contribution is 7.09. The maximum atomic E-state index is 12.7. The molecule has 5 heteroatoms. The van der Waals surface area contributed by atoms with E-state index < -0.39 is 0 Å². The first-order valence-corrected chi connectivity index (χ1v) is 11.5. The van der Waals surface area contributed by atoms with Crippen molar-refractivity contribution < 1.29 is 4.79 Å². The molecule has 4 rings (SSSR count). The summed E-state index contributed by atoms with van der Waals surface area (Å²) >= 11 is 1.69. The summed E-state index contributed by atoms with van der Waals surface area (Å²) in [6, 6.07) is 0. The molecule has 1 amide bonds. The van der Waals surface area contributed by atoms with Gasteiger partial charge in [0.1, 0.15) is 0 Å². The maximum Gasteiger partial charge on any atom is 0.223 e. The zero-order valence-electron chi connectivity index (χ0n) is 16.2. The second kappa shape index (κ2) is 7.97. The van der Waals surface area contributed by atoms with Crippen LogP contribution in [0.4, 0.5) is 0 Å². The Bertz CT molecular complexity index is 625. The first-order chi connectivity index (χ1) is 12.6. The SMILES string of the molecule is Cc1nc(CN2C(=O)CCC23CCCN(CC2CCCCC2)CC3)cs1. The largest absolute Gasteiger partial charge is 0.331 e. The minimum Gasteiger partial charge on any atom is -0.331 e. The third kappa shape index (κ3) is 3.99. The van der Waals surface area contributed by atoms with E-state index in [4.69, 9.17) is 0 Å². The minimum absolute atomic E-state index is 0.0932. The summed E-state index contributed by atoms with van der Waals surface area (Å²) in [7, 11) is 0. The van der Waals surface area contributed by atoms with Crippen LogP contribution in [0.5, 0.6) is 0 Å². The average Bonchev–Trinajstić information content (AvgIpc) is 3.11. The van der Waals surface area contributed by atoms with Crippen LogP contribution < -0.4 is 0 Å². The normalized spacial score (nSPS) is 28.8. The van der Waals surface area contributed by atoms with Crippen LogP contribution in [-0.2, 0) is 11.3 Å². The van der Waals surface area contributed by atoms with Gasteiger partial charge in [-0.15, -0.1) is 11.3 Å². The van der Waals surface area contributed by atoms with Gasteiger partial charge in [-0.2, -0.15) is 0 Å². The van der Waals surface area contributed by atoms with Crippen molar-refractivity contribution >= 4 is 17.2 Å². The summed E-state index contributed by atoms with van der Waals surface area (Å²) < 4.78 is 0. The lowest BCUT2D eigenvalue weighted by Crippen LogP contribution is -2.46. The van der Waals surface area contributed by atoms with Crippen molar-refractivity contribution in [3.8, 4) is 0 Å². The van der Waals surface area contributed by atoms with Gasteiger partial charge in [-0.25, -0.2) is 4.98 Å². The zero-order chi connectivity index (χ0) is 18.0. The standard InChI is InChI=1S/C21H33N3OS/c1-17-22-19(16-26-17)15-24-20(25)8-10-21(24)9-5-12-23(13-11-21)14-18-6-3-2-4-7-18/h16,18H,2-15H2,1H3. The summed E-state index contributed by atoms with van der Waals surface area (Å²) in [5.41, 5.74) is 1.17. The van der Waals surface area contributed by atoms with Gasteiger partial charge >= 0.3 is 0 Å². The smallest absolute Gasteiger partial charge is 0.223 e. The van der Waals surface area contributed by atoms with Crippen LogP contribution in [0.2, 0.25) is 0 Å². The second-order valence-electron chi connectivity index (χ2n) is 8.72. The van der Waals surface area contributed by atoms with Crippen LogP contribution in [-0.4, -0.2) is 45.9 Å². The molecule has 1 aliphatic carbocycles. The fourth-order valence-electron chi connectivity index (χ4n) is 5.44. The average molecular weight is 376 g/mol. The van der Waals surface area contributed by atoms with E-state index in [9.17, 15) is 4.79 Å². The third-order valence-electron chi connectivity index (χ3n) is 6.92. The molecular weight excluding hydrogens is 342 g/mol. The molecule has 3 heterocycles. The van der Waals surface area contributed by atoms with Gasteiger partial charge in [0, 0.05) is 30.4 Å². The lowest BCUT2D eigenvalue weighted by molar-refractivity contribution is -0.132. The molecule has 0 aromatic carbocycles. The van der Waals surface area contributed by atoms with E-state index in [0.29, 0.717) is 12.5 Å². The molecule has 1 atom stereocenters. The Balaban J connectivity index is 1.40. The second-order valence-corrected chi connectivity index (χ2v) is 9.78. The van der Waals surface area contributed by atoms with Crippen molar-refractivity contribution in [1.29, 1.82) is 0 Å². The molecule has 1 unspecified atom stereocenters. The molecule has 1 saturated carbocycles. The van der Waals surface area contributed by atoms with Gasteiger partial charge in [0.05, 0.1) is 17.2 Å². The Morgan fingerprint density at radius 1 is 1.15 bits per heavy atom. The van der Waals surface area contributed by atoms with Gasteiger partial charge in [-0.05, 0) is 57.9 Å². The summed E-state index contributed by atoms with van der Waals surface area (Å²) in [5, 5.41) is 3.22. The molecular formula is C21H33N3OS. The lowest BCUT2D eigenvalue weighted by atomic mass is 9.87. The van der Waals surface area contributed by atoms with E-state index in [1.807, 2.05) is 6.92 Å². The monoisotopic (exact) mass is 375 g/mol. The van der Waals surface area contributed by atoms with E-state index in [1.165, 1.54) is 58.0 Å². The first-order valence-electron chi connectivity index (χ1n) is 10.6. The number of hydrogen-bond donors (Lipinski definition) is 0. The van der Waals surface area contributed by atoms with Gasteiger partial charge < -0.3 is 9.80 Å². The zero-order valence-corrected chi connectivity index (χ0v) is 17.0. The molecule has 1 spiro atoms. The predicted molar refractivity (Wildman–Crippen MR) is 106 cm³/mol. The molecule has 144 valence electrons. The Morgan fingerprint density at radius 2 is 2.00 bits per heavy atom. The highest BCUT2D eigenvalue weighted by Crippen LogP contribution is 2.40. The van der Waals surface area contributed by atoms with Crippen molar-refractivity contribution in [2.24, 2.45) is 5.92 Å². The molecule has 2 saturated heterocycles. The van der Waals surface area contributed by atoms with E-state index >= 15 is 0 Å². The van der Waals surface area contributed by atoms with Crippen LogP contribution >= 0.6 is 11.3 Å². The number of thiazole rings is 1. The van der Waals surface area contributed by atoms with Crippen LogP contribution in [0.1, 0.15) is 74.9 Å². The summed E-state index contributed by atoms with van der Waals surface area (Å²) in [6.45, 7) is 6.43. The van der Waals surface area contributed by atoms with E-state index in [-0.39, 0.29) is 5.54 Å². The first kappa shape index (κ1) is 18.4. The summed E-state index contributed by atoms with van der Waals surface area (Å²) in [6.07, 6.45) is 12.5. The van der Waals surface area contributed by atoms with Crippen molar-refractivity contribution in [2.45, 2.75) is 83.2 Å². The van der Waals surface area contributed by atoms with Crippen LogP contribution in [0.3, 0.4) is 0 Å². The predicted octanol–water partition coefficient (Wildman–Crippen LogP) is 4.38. The number of amides is 1. The Labute approximate surface area is 162 Å². The molecule has 0 N–H and O–H groups in total. The number of aromatic nitrogens is 1. The number of carbonyl (C=O) groups excluding carboxylic acids is 1. The molecule has 2 aliphatic heterocycles. The van der Waals surface area contributed by atoms with E-state index in [1.54, 1.807) is 11.3 Å². The number of carbonyl (C=O) groups is 1. The van der Waals surface area contributed by atoms with Gasteiger partial charge in [-0.1, -0.05) is 19.3 Å². The Hall–Kier alpha value is -0.940. The van der Waals surface area contributed by atoms with Crippen molar-refractivity contribution in [3.63, 3.8) is 0 Å². The third-order valence-corrected chi connectivity index (χ3v) is 7.74. The number of nitrogens with zero attached hydrogens (tertiary/aromatic N) is 3. The fraction of sp³-hybridized carbons (Fsp3) is 0.810. The molecule has 1 aromatic heterocycles. The quantitative estimate of drug-likeness (QED) is 0.784. The molecule has 0 radical (unpaired) electrons. The van der Waals surface area contributed by atoms with Crippen LogP contribution in [0, 0.1) is 12.8 Å². The van der Waals surface area contributed by atoms with Crippen molar-refractivity contribution in [1.82, 2.24) is 14.8 Å². The lowest BCUT2D eigenvalue weighted by Gasteiger charge is -2.38. The molecule has 3 aliphatic rings. The van der Waals surface area contributed by atoms with E-state index in [0.717, 1.165) is 42.4 Å². The highest BCUT2D eigenvalue weighted by atomic mass is 32.1. The number of likely N-dealkylation sites (tertiary alicyclic amines) is 2. The van der Waals surface area contributed by atoms with Gasteiger partial charge in [0.25, 0.3) is 0 Å². The molecule has 3 fully saturated rings. The Kier molecular flexibility index (Phi) is 5.65. The number of aryl methyl sites for hydroxylation is 1. The number of rotatable bonds is 4. The van der Waals surface area contributed by atoms with Crippen LogP contribution in [0.15, 0.2) is 5.38 Å². The highest BCUT2D eigenvalue weighted by Gasteiger charge is 2.45. The topological polar surface area (TPSA) is 36.4 Å². The number of hydrogen-bond acceptors (Lipinski definition) is 4. The van der Waals surface area contributed by atoms with Crippen LogP contribution in [0.25, 0.3) is 0 Å². The molecule has 4 nitrogen and oxygen atoms in total. The molecule has 0 bridgehead atoms. The fourth-order valence-corrected chi connectivity index (χ4v) is 6.05. The van der Waals surface area contributed by atoms with Gasteiger partial charge in [0.15, 0.2) is 0 Å². The van der Waals surface area contributed by atoms with E-state index in [2.05, 4.69) is 20.2 Å². The van der Waals surface area contributed by atoms with Gasteiger partial charge in [0.2, 0.25) is 5.91 Å². The maximum absolute atomic E-state index is 12.7. The van der Waals surface area contributed by atoms with Crippen molar-refractivity contribution in [3.05, 3.63) is 16.1 Å². The summed E-state index contributed by atoms with van der Waals surface area (Å²) in [4.78, 5) is 22.2. The van der Waals surface area contributed by atoms with Gasteiger partial charge in [-0.3, -0.25) is 4.79 Å². The molecule has 1 aromatic rings.